The third-order valence-electron chi connectivity index (χ3n) is 4.73. The van der Waals surface area contributed by atoms with Crippen LogP contribution in [0, 0.1) is 0 Å². The van der Waals surface area contributed by atoms with Crippen molar-refractivity contribution in [1.29, 1.82) is 0 Å². The van der Waals surface area contributed by atoms with Crippen molar-refractivity contribution in [2.24, 2.45) is 5.73 Å². The Hall–Kier alpha value is -1.62. The van der Waals surface area contributed by atoms with E-state index in [1.54, 1.807) is 7.11 Å². The molecule has 2 aromatic carbocycles. The van der Waals surface area contributed by atoms with Crippen LogP contribution in [0.5, 0.6) is 0 Å². The summed E-state index contributed by atoms with van der Waals surface area (Å²) in [6, 6.07) is 14.5. The van der Waals surface area contributed by atoms with Gasteiger partial charge < -0.3 is 15.4 Å². The number of nitrogens with zero attached hydrogens (tertiary/aromatic N) is 1. The van der Waals surface area contributed by atoms with Crippen LogP contribution >= 0.6 is 12.4 Å². The Bertz CT molecular complexity index is 679. The predicted molar refractivity (Wildman–Crippen MR) is 99.6 cm³/mol. The molecule has 1 aliphatic heterocycles. The smallest absolute Gasteiger partial charge is 0.241 e. The fourth-order valence-electron chi connectivity index (χ4n) is 3.50. The molecule has 2 aromatic rings. The number of amides is 1. The van der Waals surface area contributed by atoms with Gasteiger partial charge in [0.15, 0.2) is 0 Å². The fourth-order valence-corrected chi connectivity index (χ4v) is 3.50. The van der Waals surface area contributed by atoms with Gasteiger partial charge in [-0.1, -0.05) is 42.5 Å². The number of benzene rings is 2. The molecule has 4 nitrogen and oxygen atoms in total. The highest BCUT2D eigenvalue weighted by atomic mass is 35.5. The van der Waals surface area contributed by atoms with Crippen molar-refractivity contribution < 1.29 is 9.53 Å². The molecule has 1 atom stereocenters. The lowest BCUT2D eigenvalue weighted by Gasteiger charge is -2.34. The number of piperidine rings is 1. The average molecular weight is 349 g/mol. The zero-order valence-corrected chi connectivity index (χ0v) is 14.8. The Labute approximate surface area is 149 Å². The molecule has 5 heteroatoms. The summed E-state index contributed by atoms with van der Waals surface area (Å²) in [5.74, 6) is 0.506. The van der Waals surface area contributed by atoms with E-state index in [1.807, 2.05) is 4.90 Å². The van der Waals surface area contributed by atoms with Crippen molar-refractivity contribution in [3.05, 3.63) is 48.0 Å². The molecule has 130 valence electrons. The number of rotatable bonds is 4. The summed E-state index contributed by atoms with van der Waals surface area (Å²) in [5, 5.41) is 2.61. The molecule has 0 aliphatic carbocycles. The lowest BCUT2D eigenvalue weighted by Crippen LogP contribution is -2.48. The van der Waals surface area contributed by atoms with Gasteiger partial charge in [0.05, 0.1) is 6.61 Å². The van der Waals surface area contributed by atoms with Gasteiger partial charge in [0.25, 0.3) is 0 Å². The fraction of sp³-hybridized carbons (Fsp3) is 0.421. The minimum atomic E-state index is -0.547. The van der Waals surface area contributed by atoms with E-state index in [-0.39, 0.29) is 24.9 Å². The molecule has 2 N–H and O–H groups in total. The summed E-state index contributed by atoms with van der Waals surface area (Å²) >= 11 is 0. The van der Waals surface area contributed by atoms with Crippen LogP contribution in [0.2, 0.25) is 0 Å². The normalized spacial score (nSPS) is 16.7. The van der Waals surface area contributed by atoms with Crippen molar-refractivity contribution in [3.8, 4) is 0 Å². The maximum atomic E-state index is 12.3. The first kappa shape index (κ1) is 18.7. The van der Waals surface area contributed by atoms with Gasteiger partial charge in [-0.05, 0) is 35.1 Å². The molecule has 0 spiro atoms. The number of nitrogens with two attached hydrogens (primary N) is 1. The van der Waals surface area contributed by atoms with Crippen molar-refractivity contribution in [1.82, 2.24) is 4.90 Å². The van der Waals surface area contributed by atoms with Crippen LogP contribution < -0.4 is 5.73 Å². The van der Waals surface area contributed by atoms with Gasteiger partial charge in [0, 0.05) is 20.2 Å². The first-order chi connectivity index (χ1) is 11.2. The predicted octanol–water partition coefficient (Wildman–Crippen LogP) is 2.94. The lowest BCUT2D eigenvalue weighted by molar-refractivity contribution is -0.134. The third kappa shape index (κ3) is 3.89. The third-order valence-corrected chi connectivity index (χ3v) is 4.73. The molecule has 1 fully saturated rings. The van der Waals surface area contributed by atoms with E-state index in [4.69, 9.17) is 10.5 Å². The van der Waals surface area contributed by atoms with Crippen molar-refractivity contribution >= 4 is 29.1 Å². The second-order valence-corrected chi connectivity index (χ2v) is 6.23. The molecule has 0 aromatic heterocycles. The van der Waals surface area contributed by atoms with Crippen LogP contribution in [0.25, 0.3) is 10.8 Å². The van der Waals surface area contributed by atoms with Crippen LogP contribution in [-0.4, -0.2) is 43.7 Å². The Kier molecular flexibility index (Phi) is 6.60. The second kappa shape index (κ2) is 8.47. The monoisotopic (exact) mass is 348 g/mol. The topological polar surface area (TPSA) is 55.6 Å². The molecule has 1 amide bonds. The minimum absolute atomic E-state index is 0. The summed E-state index contributed by atoms with van der Waals surface area (Å²) in [4.78, 5) is 14.1. The van der Waals surface area contributed by atoms with Crippen LogP contribution in [0.1, 0.15) is 24.3 Å². The number of hydrogen-bond donors (Lipinski definition) is 1. The highest BCUT2D eigenvalue weighted by molar-refractivity contribution is 5.86. The van der Waals surface area contributed by atoms with E-state index in [2.05, 4.69) is 42.5 Å². The number of carbonyl (C=O) groups excluding carboxylic acids is 1. The molecule has 1 aliphatic rings. The molecule has 0 saturated carbocycles. The summed E-state index contributed by atoms with van der Waals surface area (Å²) in [7, 11) is 1.57. The highest BCUT2D eigenvalue weighted by Gasteiger charge is 2.27. The molecule has 24 heavy (non-hydrogen) atoms. The van der Waals surface area contributed by atoms with E-state index in [0.717, 1.165) is 25.9 Å². The zero-order chi connectivity index (χ0) is 16.2. The Morgan fingerprint density at radius 1 is 1.21 bits per heavy atom. The molecule has 0 bridgehead atoms. The Morgan fingerprint density at radius 2 is 1.88 bits per heavy atom. The summed E-state index contributed by atoms with van der Waals surface area (Å²) in [6.07, 6.45) is 1.97. The van der Waals surface area contributed by atoms with Crippen molar-refractivity contribution in [2.45, 2.75) is 24.8 Å². The van der Waals surface area contributed by atoms with Crippen LogP contribution in [0.15, 0.2) is 42.5 Å². The van der Waals surface area contributed by atoms with Gasteiger partial charge in [-0.15, -0.1) is 12.4 Å². The van der Waals surface area contributed by atoms with E-state index >= 15 is 0 Å². The van der Waals surface area contributed by atoms with E-state index < -0.39 is 6.04 Å². The summed E-state index contributed by atoms with van der Waals surface area (Å²) < 4.78 is 4.98. The number of carbonyl (C=O) groups is 1. The minimum Gasteiger partial charge on any atom is -0.383 e. The number of ether oxygens (including phenoxy) is 1. The van der Waals surface area contributed by atoms with Gasteiger partial charge in [0.2, 0.25) is 5.91 Å². The van der Waals surface area contributed by atoms with E-state index in [1.165, 1.54) is 16.3 Å². The van der Waals surface area contributed by atoms with Crippen molar-refractivity contribution in [2.75, 3.05) is 26.8 Å². The number of hydrogen-bond acceptors (Lipinski definition) is 3. The largest absolute Gasteiger partial charge is 0.383 e. The number of fused-ring (bicyclic) bond motifs is 1. The zero-order valence-electron chi connectivity index (χ0n) is 14.0. The molecule has 1 heterocycles. The average Bonchev–Trinajstić information content (AvgIpc) is 2.61. The van der Waals surface area contributed by atoms with Crippen LogP contribution in [0.4, 0.5) is 0 Å². The molecular weight excluding hydrogens is 324 g/mol. The highest BCUT2D eigenvalue weighted by Crippen LogP contribution is 2.33. The lowest BCUT2D eigenvalue weighted by atomic mass is 9.86. The quantitative estimate of drug-likeness (QED) is 0.924. The van der Waals surface area contributed by atoms with Crippen molar-refractivity contribution in [3.63, 3.8) is 0 Å². The van der Waals surface area contributed by atoms with Gasteiger partial charge >= 0.3 is 0 Å². The molecule has 3 rings (SSSR count). The maximum Gasteiger partial charge on any atom is 0.241 e. The first-order valence-electron chi connectivity index (χ1n) is 8.21. The molecular formula is C19H25ClN2O2. The summed E-state index contributed by atoms with van der Waals surface area (Å²) in [6.45, 7) is 1.82. The number of likely N-dealkylation sites (tertiary alicyclic amines) is 1. The Balaban J connectivity index is 0.00000208. The number of halogens is 1. The molecule has 1 saturated heterocycles. The standard InChI is InChI=1S/C19H24N2O2.ClH/c1-23-13-18(20)19(22)21-11-9-15(10-12-21)17-8-4-6-14-5-2-3-7-16(14)17;/h2-8,15,18H,9-13,20H2,1H3;1H. The first-order valence-corrected chi connectivity index (χ1v) is 8.21. The molecule has 1 unspecified atom stereocenters. The second-order valence-electron chi connectivity index (χ2n) is 6.23. The van der Waals surface area contributed by atoms with E-state index in [0.29, 0.717) is 5.92 Å². The molecule has 0 radical (unpaired) electrons. The van der Waals surface area contributed by atoms with Gasteiger partial charge in [-0.3, -0.25) is 4.79 Å². The van der Waals surface area contributed by atoms with Gasteiger partial charge in [0.1, 0.15) is 6.04 Å². The van der Waals surface area contributed by atoms with Crippen LogP contribution in [0.3, 0.4) is 0 Å². The van der Waals surface area contributed by atoms with Crippen LogP contribution in [-0.2, 0) is 9.53 Å². The maximum absolute atomic E-state index is 12.3. The van der Waals surface area contributed by atoms with E-state index in [9.17, 15) is 4.79 Å². The van der Waals surface area contributed by atoms with Gasteiger partial charge in [-0.25, -0.2) is 0 Å². The van der Waals surface area contributed by atoms with Gasteiger partial charge in [-0.2, -0.15) is 0 Å². The SMILES string of the molecule is COCC(N)C(=O)N1CCC(c2cccc3ccccc23)CC1.Cl. The number of methoxy groups -OCH3 is 1. The summed E-state index contributed by atoms with van der Waals surface area (Å²) in [5.41, 5.74) is 7.26. The Morgan fingerprint density at radius 3 is 2.58 bits per heavy atom.